The van der Waals surface area contributed by atoms with Gasteiger partial charge in [-0.1, -0.05) is 47.5 Å². The van der Waals surface area contributed by atoms with E-state index in [1.807, 2.05) is 43.6 Å². The van der Waals surface area contributed by atoms with Gasteiger partial charge in [-0.05, 0) is 42.3 Å². The molecular weight excluding hydrogens is 303 g/mol. The molecule has 1 heterocycles. The third-order valence-electron chi connectivity index (χ3n) is 3.54. The molecule has 1 N–H and O–H groups in total. The third-order valence-corrected chi connectivity index (χ3v) is 4.11. The fourth-order valence-corrected chi connectivity index (χ4v) is 2.96. The molecule has 1 atom stereocenters. The van der Waals surface area contributed by atoms with Crippen molar-refractivity contribution in [1.29, 1.82) is 0 Å². The Balaban J connectivity index is 2.21. The van der Waals surface area contributed by atoms with Crippen molar-refractivity contribution in [2.75, 3.05) is 7.05 Å². The second-order valence-corrected chi connectivity index (χ2v) is 5.65. The smallest absolute Gasteiger partial charge is 0.0770 e. The normalized spacial score (nSPS) is 12.5. The first-order chi connectivity index (χ1) is 10.2. The molecule has 1 unspecified atom stereocenters. The zero-order valence-corrected chi connectivity index (χ0v) is 13.0. The van der Waals surface area contributed by atoms with E-state index in [-0.39, 0.29) is 6.04 Å². The van der Waals surface area contributed by atoms with E-state index in [0.29, 0.717) is 10.0 Å². The molecule has 0 saturated heterocycles. The summed E-state index contributed by atoms with van der Waals surface area (Å²) in [6.07, 6.45) is 1.82. The van der Waals surface area contributed by atoms with Crippen LogP contribution in [0.5, 0.6) is 0 Å². The topological polar surface area (TPSA) is 24.9 Å². The number of rotatable bonds is 3. The molecule has 4 heteroatoms. The molecule has 0 spiro atoms. The van der Waals surface area contributed by atoms with Gasteiger partial charge in [-0.3, -0.25) is 4.98 Å². The van der Waals surface area contributed by atoms with Crippen LogP contribution in [0.1, 0.15) is 17.3 Å². The van der Waals surface area contributed by atoms with Crippen molar-refractivity contribution >= 4 is 34.0 Å². The Morgan fingerprint density at radius 2 is 1.86 bits per heavy atom. The maximum atomic E-state index is 6.34. The van der Waals surface area contributed by atoms with Crippen molar-refractivity contribution < 1.29 is 0 Å². The third kappa shape index (κ3) is 2.75. The SMILES string of the molecule is CNC(c1cc(Cl)ccc1Cl)c1nccc2ccccc12. The minimum absolute atomic E-state index is 0.109. The second kappa shape index (κ2) is 6.02. The number of benzene rings is 2. The van der Waals surface area contributed by atoms with E-state index in [2.05, 4.69) is 22.4 Å². The van der Waals surface area contributed by atoms with Gasteiger partial charge in [0.05, 0.1) is 11.7 Å². The number of halogens is 2. The van der Waals surface area contributed by atoms with E-state index in [1.54, 1.807) is 6.07 Å². The monoisotopic (exact) mass is 316 g/mol. The molecule has 2 nitrogen and oxygen atoms in total. The van der Waals surface area contributed by atoms with Crippen LogP contribution in [-0.2, 0) is 0 Å². The van der Waals surface area contributed by atoms with Crippen LogP contribution in [0.3, 0.4) is 0 Å². The second-order valence-electron chi connectivity index (χ2n) is 4.80. The van der Waals surface area contributed by atoms with Gasteiger partial charge in [0.25, 0.3) is 0 Å². The number of fused-ring (bicyclic) bond motifs is 1. The molecule has 0 aliphatic carbocycles. The van der Waals surface area contributed by atoms with E-state index >= 15 is 0 Å². The molecule has 0 amide bonds. The number of aromatic nitrogens is 1. The number of pyridine rings is 1. The molecule has 0 fully saturated rings. The number of hydrogen-bond donors (Lipinski definition) is 1. The lowest BCUT2D eigenvalue weighted by Crippen LogP contribution is -2.19. The molecule has 106 valence electrons. The summed E-state index contributed by atoms with van der Waals surface area (Å²) in [5, 5.41) is 6.89. The van der Waals surface area contributed by atoms with E-state index in [4.69, 9.17) is 23.2 Å². The van der Waals surface area contributed by atoms with Crippen molar-refractivity contribution in [3.63, 3.8) is 0 Å². The highest BCUT2D eigenvalue weighted by Crippen LogP contribution is 2.32. The minimum atomic E-state index is -0.109. The molecule has 0 aliphatic heterocycles. The van der Waals surface area contributed by atoms with Crippen LogP contribution in [0.2, 0.25) is 10.0 Å². The fourth-order valence-electron chi connectivity index (χ4n) is 2.55. The van der Waals surface area contributed by atoms with Crippen LogP contribution in [0.25, 0.3) is 10.8 Å². The molecule has 0 saturated carbocycles. The Labute approximate surface area is 133 Å². The first-order valence-electron chi connectivity index (χ1n) is 6.66. The molecule has 3 aromatic rings. The van der Waals surface area contributed by atoms with Crippen molar-refractivity contribution in [3.05, 3.63) is 76.0 Å². The van der Waals surface area contributed by atoms with Crippen molar-refractivity contribution in [3.8, 4) is 0 Å². The Bertz CT molecular complexity index is 781. The van der Waals surface area contributed by atoms with Crippen molar-refractivity contribution in [2.45, 2.75) is 6.04 Å². The molecule has 3 rings (SSSR count). The lowest BCUT2D eigenvalue weighted by molar-refractivity contribution is 0.677. The Kier molecular flexibility index (Phi) is 4.11. The maximum absolute atomic E-state index is 6.34. The summed E-state index contributed by atoms with van der Waals surface area (Å²) in [5.74, 6) is 0. The highest BCUT2D eigenvalue weighted by molar-refractivity contribution is 6.33. The molecule has 1 aromatic heterocycles. The Hall–Kier alpha value is -1.61. The summed E-state index contributed by atoms with van der Waals surface area (Å²) in [6.45, 7) is 0. The summed E-state index contributed by atoms with van der Waals surface area (Å²) >= 11 is 12.5. The first kappa shape index (κ1) is 14.3. The molecule has 0 aliphatic rings. The summed E-state index contributed by atoms with van der Waals surface area (Å²) < 4.78 is 0. The predicted molar refractivity (Wildman–Crippen MR) is 89.1 cm³/mol. The molecule has 2 aromatic carbocycles. The summed E-state index contributed by atoms with van der Waals surface area (Å²) in [6, 6.07) is 15.6. The average Bonchev–Trinajstić information content (AvgIpc) is 2.51. The highest BCUT2D eigenvalue weighted by atomic mass is 35.5. The standard InChI is InChI=1S/C17H14Cl2N2/c1-20-16(14-10-12(18)6-7-15(14)19)17-13-5-3-2-4-11(13)8-9-21-17/h2-10,16,20H,1H3. The fraction of sp³-hybridized carbons (Fsp3) is 0.118. The van der Waals surface area contributed by atoms with Gasteiger partial charge in [0.2, 0.25) is 0 Å². The number of nitrogens with one attached hydrogen (secondary N) is 1. The highest BCUT2D eigenvalue weighted by Gasteiger charge is 2.19. The van der Waals surface area contributed by atoms with Crippen LogP contribution in [-0.4, -0.2) is 12.0 Å². The van der Waals surface area contributed by atoms with Gasteiger partial charge in [0.15, 0.2) is 0 Å². The zero-order chi connectivity index (χ0) is 14.8. The number of hydrogen-bond acceptors (Lipinski definition) is 2. The van der Waals surface area contributed by atoms with Crippen molar-refractivity contribution in [2.24, 2.45) is 0 Å². The van der Waals surface area contributed by atoms with Gasteiger partial charge in [0, 0.05) is 21.6 Å². The first-order valence-corrected chi connectivity index (χ1v) is 7.42. The number of nitrogens with zero attached hydrogens (tertiary/aromatic N) is 1. The van der Waals surface area contributed by atoms with Crippen LogP contribution < -0.4 is 5.32 Å². The van der Waals surface area contributed by atoms with E-state index in [9.17, 15) is 0 Å². The molecule has 0 bridgehead atoms. The quantitative estimate of drug-likeness (QED) is 0.747. The molecular formula is C17H14Cl2N2. The van der Waals surface area contributed by atoms with Crippen LogP contribution >= 0.6 is 23.2 Å². The largest absolute Gasteiger partial charge is 0.308 e. The van der Waals surface area contributed by atoms with Gasteiger partial charge in [0.1, 0.15) is 0 Å². The molecule has 0 radical (unpaired) electrons. The van der Waals surface area contributed by atoms with Gasteiger partial charge in [-0.25, -0.2) is 0 Å². The van der Waals surface area contributed by atoms with E-state index in [1.165, 1.54) is 0 Å². The lowest BCUT2D eigenvalue weighted by atomic mass is 9.98. The van der Waals surface area contributed by atoms with Gasteiger partial charge in [-0.15, -0.1) is 0 Å². The Morgan fingerprint density at radius 1 is 1.05 bits per heavy atom. The Morgan fingerprint density at radius 3 is 2.67 bits per heavy atom. The maximum Gasteiger partial charge on any atom is 0.0770 e. The molecule has 21 heavy (non-hydrogen) atoms. The van der Waals surface area contributed by atoms with Crippen LogP contribution in [0.15, 0.2) is 54.7 Å². The van der Waals surface area contributed by atoms with Crippen LogP contribution in [0, 0.1) is 0 Å². The summed E-state index contributed by atoms with van der Waals surface area (Å²) in [4.78, 5) is 4.56. The zero-order valence-electron chi connectivity index (χ0n) is 11.5. The van der Waals surface area contributed by atoms with Gasteiger partial charge >= 0.3 is 0 Å². The van der Waals surface area contributed by atoms with Gasteiger partial charge < -0.3 is 5.32 Å². The minimum Gasteiger partial charge on any atom is -0.308 e. The van der Waals surface area contributed by atoms with E-state index < -0.39 is 0 Å². The van der Waals surface area contributed by atoms with Gasteiger partial charge in [-0.2, -0.15) is 0 Å². The lowest BCUT2D eigenvalue weighted by Gasteiger charge is -2.19. The van der Waals surface area contributed by atoms with Crippen molar-refractivity contribution in [1.82, 2.24) is 10.3 Å². The summed E-state index contributed by atoms with van der Waals surface area (Å²) in [7, 11) is 1.89. The van der Waals surface area contributed by atoms with Crippen LogP contribution in [0.4, 0.5) is 0 Å². The summed E-state index contributed by atoms with van der Waals surface area (Å²) in [5.41, 5.74) is 1.87. The predicted octanol–water partition coefficient (Wildman–Crippen LogP) is 4.85. The average molecular weight is 317 g/mol. The van der Waals surface area contributed by atoms with E-state index in [0.717, 1.165) is 22.0 Å².